The first-order valence-electron chi connectivity index (χ1n) is 12.3. The van der Waals surface area contributed by atoms with Gasteiger partial charge in [-0.25, -0.2) is 8.78 Å². The summed E-state index contributed by atoms with van der Waals surface area (Å²) in [6, 6.07) is 15.4. The Kier molecular flexibility index (Phi) is 7.02. The average molecular weight is 516 g/mol. The van der Waals surface area contributed by atoms with Crippen LogP contribution in [0.2, 0.25) is 0 Å². The standard InChI is InChI=1S/C29H27F2N5O2/c1-18(32-2)28(37)34-25-8-10-26(20-3-5-22(30)6-4-20)36(29(25)38)17-19-13-24(16-33-15-19)35-12-11-21-14-23(31)7-9-27(21)35/h3-10,13-16,18,32H,11-12,17H2,1-2H3,(H,34,37). The first-order chi connectivity index (χ1) is 18.3. The molecule has 1 amide bonds. The number of amides is 1. The van der Waals surface area contributed by atoms with Crippen LogP contribution in [0.4, 0.5) is 25.8 Å². The van der Waals surface area contributed by atoms with Gasteiger partial charge in [-0.1, -0.05) is 0 Å². The Morgan fingerprint density at radius 2 is 1.79 bits per heavy atom. The Balaban J connectivity index is 1.53. The molecule has 2 aromatic heterocycles. The third-order valence-corrected chi connectivity index (χ3v) is 6.77. The number of aromatic nitrogens is 2. The second-order valence-electron chi connectivity index (χ2n) is 9.26. The van der Waals surface area contributed by atoms with Crippen LogP contribution >= 0.6 is 0 Å². The van der Waals surface area contributed by atoms with Gasteiger partial charge in [-0.05, 0) is 97.7 Å². The summed E-state index contributed by atoms with van der Waals surface area (Å²) in [7, 11) is 1.66. The monoisotopic (exact) mass is 515 g/mol. The minimum absolute atomic E-state index is 0.141. The zero-order valence-corrected chi connectivity index (χ0v) is 21.0. The van der Waals surface area contributed by atoms with Crippen molar-refractivity contribution in [2.45, 2.75) is 25.9 Å². The van der Waals surface area contributed by atoms with Gasteiger partial charge in [0.1, 0.15) is 17.3 Å². The molecule has 0 saturated heterocycles. The van der Waals surface area contributed by atoms with E-state index < -0.39 is 11.6 Å². The molecule has 7 nitrogen and oxygen atoms in total. The largest absolute Gasteiger partial charge is 0.340 e. The molecule has 1 unspecified atom stereocenters. The molecular formula is C29H27F2N5O2. The number of benzene rings is 2. The molecule has 2 N–H and O–H groups in total. The summed E-state index contributed by atoms with van der Waals surface area (Å²) in [4.78, 5) is 32.6. The van der Waals surface area contributed by atoms with Crippen LogP contribution in [0.5, 0.6) is 0 Å². The second kappa shape index (κ2) is 10.5. The van der Waals surface area contributed by atoms with Crippen molar-refractivity contribution in [3.05, 3.63) is 106 Å². The van der Waals surface area contributed by atoms with Crippen molar-refractivity contribution >= 4 is 23.0 Å². The fourth-order valence-corrected chi connectivity index (χ4v) is 4.60. The van der Waals surface area contributed by atoms with Gasteiger partial charge in [0.25, 0.3) is 5.56 Å². The number of nitrogens with one attached hydrogen (secondary N) is 2. The predicted molar refractivity (Wildman–Crippen MR) is 144 cm³/mol. The number of hydrogen-bond acceptors (Lipinski definition) is 5. The number of halogens is 2. The van der Waals surface area contributed by atoms with E-state index in [1.807, 2.05) is 6.07 Å². The van der Waals surface area contributed by atoms with E-state index in [9.17, 15) is 18.4 Å². The lowest BCUT2D eigenvalue weighted by Crippen LogP contribution is -2.37. The highest BCUT2D eigenvalue weighted by atomic mass is 19.1. The maximum Gasteiger partial charge on any atom is 0.275 e. The molecule has 0 saturated carbocycles. The Bertz CT molecular complexity index is 1550. The van der Waals surface area contributed by atoms with Gasteiger partial charge >= 0.3 is 0 Å². The van der Waals surface area contributed by atoms with Crippen LogP contribution in [0.25, 0.3) is 11.3 Å². The fourth-order valence-electron chi connectivity index (χ4n) is 4.60. The van der Waals surface area contributed by atoms with Crippen molar-refractivity contribution in [1.82, 2.24) is 14.9 Å². The van der Waals surface area contributed by atoms with Crippen LogP contribution < -0.4 is 21.1 Å². The topological polar surface area (TPSA) is 79.3 Å². The summed E-state index contributed by atoms with van der Waals surface area (Å²) in [6.45, 7) is 2.56. The number of carbonyl (C=O) groups is 1. The highest BCUT2D eigenvalue weighted by molar-refractivity contribution is 5.94. The highest BCUT2D eigenvalue weighted by Gasteiger charge is 2.22. The van der Waals surface area contributed by atoms with Gasteiger partial charge < -0.3 is 20.1 Å². The molecule has 4 aromatic rings. The zero-order chi connectivity index (χ0) is 26.8. The number of carbonyl (C=O) groups excluding carboxylic acids is 1. The number of anilines is 3. The summed E-state index contributed by atoms with van der Waals surface area (Å²) in [6.07, 6.45) is 4.14. The van der Waals surface area contributed by atoms with Crippen LogP contribution in [0.3, 0.4) is 0 Å². The molecule has 1 aliphatic heterocycles. The number of fused-ring (bicyclic) bond motifs is 1. The maximum atomic E-state index is 13.7. The number of likely N-dealkylation sites (N-methyl/N-ethyl adjacent to an activating group) is 1. The van der Waals surface area contributed by atoms with Crippen LogP contribution in [0, 0.1) is 11.6 Å². The molecule has 0 fully saturated rings. The predicted octanol–water partition coefficient (Wildman–Crippen LogP) is 4.48. The van der Waals surface area contributed by atoms with Crippen molar-refractivity contribution in [1.29, 1.82) is 0 Å². The molecule has 1 atom stereocenters. The van der Waals surface area contributed by atoms with Crippen LogP contribution in [-0.2, 0) is 17.8 Å². The third kappa shape index (κ3) is 5.05. The van der Waals surface area contributed by atoms with E-state index in [2.05, 4.69) is 20.5 Å². The highest BCUT2D eigenvalue weighted by Crippen LogP contribution is 2.35. The van der Waals surface area contributed by atoms with E-state index in [1.54, 1.807) is 67.3 Å². The SMILES string of the molecule is CNC(C)C(=O)Nc1ccc(-c2ccc(F)cc2)n(Cc2cncc(N3CCc4cc(F)ccc43)c2)c1=O. The molecule has 38 heavy (non-hydrogen) atoms. The molecule has 1 aliphatic rings. The summed E-state index contributed by atoms with van der Waals surface area (Å²) in [5.74, 6) is -0.977. The van der Waals surface area contributed by atoms with E-state index in [4.69, 9.17) is 0 Å². The minimum atomic E-state index is -0.489. The lowest BCUT2D eigenvalue weighted by atomic mass is 10.1. The van der Waals surface area contributed by atoms with Crippen LogP contribution in [0.15, 0.2) is 77.9 Å². The zero-order valence-electron chi connectivity index (χ0n) is 21.0. The Hall–Kier alpha value is -4.37. The molecule has 2 aromatic carbocycles. The smallest absolute Gasteiger partial charge is 0.275 e. The van der Waals surface area contributed by atoms with Gasteiger partial charge in [-0.15, -0.1) is 0 Å². The molecule has 0 spiro atoms. The fraction of sp³-hybridized carbons (Fsp3) is 0.207. The third-order valence-electron chi connectivity index (χ3n) is 6.77. The molecular weight excluding hydrogens is 488 g/mol. The lowest BCUT2D eigenvalue weighted by Gasteiger charge is -2.21. The van der Waals surface area contributed by atoms with Crippen molar-refractivity contribution in [2.24, 2.45) is 0 Å². The molecule has 194 valence electrons. The summed E-state index contributed by atoms with van der Waals surface area (Å²) < 4.78 is 28.9. The first-order valence-corrected chi connectivity index (χ1v) is 12.3. The van der Waals surface area contributed by atoms with Gasteiger partial charge in [0.2, 0.25) is 5.91 Å². The molecule has 0 bridgehead atoms. The first kappa shape index (κ1) is 25.3. The van der Waals surface area contributed by atoms with Gasteiger partial charge in [-0.2, -0.15) is 0 Å². The molecule has 9 heteroatoms. The Labute approximate surface area is 218 Å². The van der Waals surface area contributed by atoms with Gasteiger partial charge in [0, 0.05) is 18.4 Å². The number of pyridine rings is 2. The normalized spacial score (nSPS) is 13.3. The number of hydrogen-bond donors (Lipinski definition) is 2. The van der Waals surface area contributed by atoms with E-state index in [-0.39, 0.29) is 29.8 Å². The van der Waals surface area contributed by atoms with E-state index in [0.717, 1.165) is 28.9 Å². The lowest BCUT2D eigenvalue weighted by molar-refractivity contribution is -0.117. The average Bonchev–Trinajstić information content (AvgIpc) is 3.34. The summed E-state index contributed by atoms with van der Waals surface area (Å²) in [5, 5.41) is 5.55. The van der Waals surface area contributed by atoms with Crippen molar-refractivity contribution < 1.29 is 13.6 Å². The van der Waals surface area contributed by atoms with Gasteiger partial charge in [-0.3, -0.25) is 14.6 Å². The quantitative estimate of drug-likeness (QED) is 0.380. The van der Waals surface area contributed by atoms with Gasteiger partial charge in [0.05, 0.1) is 30.2 Å². The Morgan fingerprint density at radius 1 is 1.03 bits per heavy atom. The van der Waals surface area contributed by atoms with E-state index in [1.165, 1.54) is 18.2 Å². The van der Waals surface area contributed by atoms with Crippen molar-refractivity contribution in [2.75, 3.05) is 23.8 Å². The van der Waals surface area contributed by atoms with Crippen LogP contribution in [0.1, 0.15) is 18.1 Å². The molecule has 5 rings (SSSR count). The number of nitrogens with zero attached hydrogens (tertiary/aromatic N) is 3. The molecule has 0 aliphatic carbocycles. The Morgan fingerprint density at radius 3 is 2.55 bits per heavy atom. The second-order valence-corrected chi connectivity index (χ2v) is 9.26. The maximum absolute atomic E-state index is 13.7. The van der Waals surface area contributed by atoms with E-state index >= 15 is 0 Å². The van der Waals surface area contributed by atoms with E-state index in [0.29, 0.717) is 17.8 Å². The van der Waals surface area contributed by atoms with Crippen molar-refractivity contribution in [3.8, 4) is 11.3 Å². The molecule has 3 heterocycles. The van der Waals surface area contributed by atoms with Crippen LogP contribution in [-0.4, -0.2) is 35.1 Å². The van der Waals surface area contributed by atoms with Crippen molar-refractivity contribution in [3.63, 3.8) is 0 Å². The minimum Gasteiger partial charge on any atom is -0.340 e. The summed E-state index contributed by atoms with van der Waals surface area (Å²) >= 11 is 0. The number of rotatable bonds is 7. The summed E-state index contributed by atoms with van der Waals surface area (Å²) in [5.41, 5.74) is 4.43. The van der Waals surface area contributed by atoms with Gasteiger partial charge in [0.15, 0.2) is 0 Å². The molecule has 0 radical (unpaired) electrons.